The maximum Gasteiger partial charge on any atom is 0.125 e. The molecule has 0 radical (unpaired) electrons. The average Bonchev–Trinajstić information content (AvgIpc) is 2.53. The zero-order chi connectivity index (χ0) is 17.2. The standard InChI is InChI=1S/C19H32O4/c1-14(2)6-5-7-15(3)8-9-23-19-11-16(12-20)18(22-4)10-17(19)13-21/h10-11,14-15,20-21H,5-9,12-13H2,1-4H3/t15-/m1/s1. The third-order valence-corrected chi connectivity index (χ3v) is 4.15. The molecule has 0 aliphatic rings. The molecule has 0 aromatic heterocycles. The molecule has 0 amide bonds. The Morgan fingerprint density at radius 3 is 2.09 bits per heavy atom. The lowest BCUT2D eigenvalue weighted by atomic mass is 9.98. The van der Waals surface area contributed by atoms with Gasteiger partial charge in [-0.25, -0.2) is 0 Å². The molecular formula is C19H32O4. The Morgan fingerprint density at radius 1 is 0.913 bits per heavy atom. The molecule has 1 rings (SSSR count). The fraction of sp³-hybridized carbons (Fsp3) is 0.684. The van der Waals surface area contributed by atoms with Crippen LogP contribution in [0.25, 0.3) is 0 Å². The van der Waals surface area contributed by atoms with E-state index >= 15 is 0 Å². The number of aliphatic hydroxyl groups excluding tert-OH is 2. The molecule has 1 aromatic rings. The number of benzene rings is 1. The van der Waals surface area contributed by atoms with E-state index in [-0.39, 0.29) is 13.2 Å². The van der Waals surface area contributed by atoms with E-state index in [2.05, 4.69) is 20.8 Å². The number of hydrogen-bond donors (Lipinski definition) is 2. The Balaban J connectivity index is 2.53. The molecule has 132 valence electrons. The molecule has 1 atom stereocenters. The minimum atomic E-state index is -0.114. The van der Waals surface area contributed by atoms with E-state index in [1.54, 1.807) is 19.2 Å². The number of hydrogen-bond acceptors (Lipinski definition) is 4. The normalized spacial score (nSPS) is 12.5. The molecule has 0 spiro atoms. The van der Waals surface area contributed by atoms with Crippen LogP contribution in [0.5, 0.6) is 11.5 Å². The van der Waals surface area contributed by atoms with Gasteiger partial charge in [0.05, 0.1) is 26.9 Å². The summed E-state index contributed by atoms with van der Waals surface area (Å²) in [4.78, 5) is 0. The van der Waals surface area contributed by atoms with Gasteiger partial charge in [-0.3, -0.25) is 0 Å². The largest absolute Gasteiger partial charge is 0.496 e. The zero-order valence-corrected chi connectivity index (χ0v) is 15.0. The van der Waals surface area contributed by atoms with Gasteiger partial charge in [0.2, 0.25) is 0 Å². The van der Waals surface area contributed by atoms with E-state index in [0.29, 0.717) is 35.2 Å². The Hall–Kier alpha value is -1.26. The van der Waals surface area contributed by atoms with Gasteiger partial charge in [-0.2, -0.15) is 0 Å². The third kappa shape index (κ3) is 6.80. The van der Waals surface area contributed by atoms with Crippen molar-refractivity contribution in [2.24, 2.45) is 11.8 Å². The smallest absolute Gasteiger partial charge is 0.125 e. The van der Waals surface area contributed by atoms with Crippen molar-refractivity contribution in [2.75, 3.05) is 13.7 Å². The van der Waals surface area contributed by atoms with Gasteiger partial charge in [-0.05, 0) is 30.4 Å². The lowest BCUT2D eigenvalue weighted by molar-refractivity contribution is 0.245. The van der Waals surface area contributed by atoms with E-state index < -0.39 is 0 Å². The second-order valence-corrected chi connectivity index (χ2v) is 6.66. The van der Waals surface area contributed by atoms with Gasteiger partial charge in [-0.1, -0.05) is 40.0 Å². The van der Waals surface area contributed by atoms with Crippen LogP contribution in [0, 0.1) is 11.8 Å². The molecule has 0 fully saturated rings. The van der Waals surface area contributed by atoms with Gasteiger partial charge in [0.1, 0.15) is 11.5 Å². The minimum Gasteiger partial charge on any atom is -0.496 e. The number of rotatable bonds is 11. The van der Waals surface area contributed by atoms with Crippen molar-refractivity contribution >= 4 is 0 Å². The summed E-state index contributed by atoms with van der Waals surface area (Å²) in [5.41, 5.74) is 1.36. The summed E-state index contributed by atoms with van der Waals surface area (Å²) in [5.74, 6) is 2.60. The van der Waals surface area contributed by atoms with Gasteiger partial charge < -0.3 is 19.7 Å². The van der Waals surface area contributed by atoms with Crippen LogP contribution in [-0.2, 0) is 13.2 Å². The van der Waals surface area contributed by atoms with Crippen molar-refractivity contribution in [3.63, 3.8) is 0 Å². The summed E-state index contributed by atoms with van der Waals surface area (Å²) in [6.07, 6.45) is 4.75. The first-order valence-corrected chi connectivity index (χ1v) is 8.56. The van der Waals surface area contributed by atoms with Crippen molar-refractivity contribution in [1.82, 2.24) is 0 Å². The Morgan fingerprint density at radius 2 is 1.52 bits per heavy atom. The molecule has 0 saturated carbocycles. The van der Waals surface area contributed by atoms with Crippen LogP contribution < -0.4 is 9.47 Å². The first kappa shape index (κ1) is 19.8. The van der Waals surface area contributed by atoms with E-state index in [9.17, 15) is 10.2 Å². The van der Waals surface area contributed by atoms with E-state index in [1.807, 2.05) is 0 Å². The van der Waals surface area contributed by atoms with Crippen LogP contribution in [0.2, 0.25) is 0 Å². The molecule has 0 saturated heterocycles. The maximum atomic E-state index is 9.48. The fourth-order valence-electron chi connectivity index (χ4n) is 2.60. The highest BCUT2D eigenvalue weighted by atomic mass is 16.5. The van der Waals surface area contributed by atoms with Crippen molar-refractivity contribution < 1.29 is 19.7 Å². The summed E-state index contributed by atoms with van der Waals surface area (Å²) in [5, 5.41) is 18.9. The summed E-state index contributed by atoms with van der Waals surface area (Å²) in [6.45, 7) is 7.16. The molecule has 4 heteroatoms. The van der Waals surface area contributed by atoms with E-state index in [0.717, 1.165) is 12.3 Å². The van der Waals surface area contributed by atoms with Crippen molar-refractivity contribution in [2.45, 2.75) is 59.7 Å². The Labute approximate surface area is 140 Å². The number of methoxy groups -OCH3 is 1. The van der Waals surface area contributed by atoms with Gasteiger partial charge >= 0.3 is 0 Å². The van der Waals surface area contributed by atoms with Gasteiger partial charge in [0.25, 0.3) is 0 Å². The summed E-state index contributed by atoms with van der Waals surface area (Å²) >= 11 is 0. The van der Waals surface area contributed by atoms with Gasteiger partial charge in [0.15, 0.2) is 0 Å². The molecule has 23 heavy (non-hydrogen) atoms. The molecule has 4 nitrogen and oxygen atoms in total. The molecule has 0 unspecified atom stereocenters. The van der Waals surface area contributed by atoms with Crippen molar-refractivity contribution in [3.8, 4) is 11.5 Å². The quantitative estimate of drug-likeness (QED) is 0.648. The average molecular weight is 324 g/mol. The zero-order valence-electron chi connectivity index (χ0n) is 15.0. The lowest BCUT2D eigenvalue weighted by Gasteiger charge is -2.16. The van der Waals surface area contributed by atoms with Gasteiger partial charge in [0, 0.05) is 11.1 Å². The summed E-state index contributed by atoms with van der Waals surface area (Å²) in [6, 6.07) is 3.49. The molecule has 0 bridgehead atoms. The second kappa shape index (κ2) is 10.5. The fourth-order valence-corrected chi connectivity index (χ4v) is 2.60. The SMILES string of the molecule is COc1cc(CO)c(OCC[C@H](C)CCCC(C)C)cc1CO. The Bertz CT molecular complexity index is 457. The van der Waals surface area contributed by atoms with Crippen LogP contribution in [0.1, 0.15) is 57.6 Å². The molecule has 0 aliphatic heterocycles. The van der Waals surface area contributed by atoms with E-state index in [4.69, 9.17) is 9.47 Å². The summed E-state index contributed by atoms with van der Waals surface area (Å²) < 4.78 is 11.1. The second-order valence-electron chi connectivity index (χ2n) is 6.66. The predicted molar refractivity (Wildman–Crippen MR) is 92.8 cm³/mol. The van der Waals surface area contributed by atoms with E-state index in [1.165, 1.54) is 19.3 Å². The van der Waals surface area contributed by atoms with Crippen LogP contribution in [-0.4, -0.2) is 23.9 Å². The molecule has 0 heterocycles. The molecule has 1 aromatic carbocycles. The third-order valence-electron chi connectivity index (χ3n) is 4.15. The minimum absolute atomic E-state index is 0.110. The first-order valence-electron chi connectivity index (χ1n) is 8.56. The lowest BCUT2D eigenvalue weighted by Crippen LogP contribution is -2.07. The van der Waals surface area contributed by atoms with Crippen LogP contribution in [0.15, 0.2) is 12.1 Å². The monoisotopic (exact) mass is 324 g/mol. The first-order chi connectivity index (χ1) is 11.0. The molecular weight excluding hydrogens is 292 g/mol. The van der Waals surface area contributed by atoms with Crippen LogP contribution in [0.3, 0.4) is 0 Å². The highest BCUT2D eigenvalue weighted by molar-refractivity contribution is 5.46. The highest BCUT2D eigenvalue weighted by Gasteiger charge is 2.11. The number of aliphatic hydroxyl groups is 2. The molecule has 2 N–H and O–H groups in total. The van der Waals surface area contributed by atoms with Gasteiger partial charge in [-0.15, -0.1) is 0 Å². The number of ether oxygens (including phenoxy) is 2. The van der Waals surface area contributed by atoms with Crippen molar-refractivity contribution in [1.29, 1.82) is 0 Å². The summed E-state index contributed by atoms with van der Waals surface area (Å²) in [7, 11) is 1.55. The van der Waals surface area contributed by atoms with Crippen molar-refractivity contribution in [3.05, 3.63) is 23.3 Å². The van der Waals surface area contributed by atoms with Crippen LogP contribution in [0.4, 0.5) is 0 Å². The topological polar surface area (TPSA) is 58.9 Å². The van der Waals surface area contributed by atoms with Crippen LogP contribution >= 0.6 is 0 Å². The highest BCUT2D eigenvalue weighted by Crippen LogP contribution is 2.29. The Kier molecular flexibility index (Phi) is 9.03. The predicted octanol–water partition coefficient (Wildman–Crippen LogP) is 3.91. The molecule has 0 aliphatic carbocycles. The maximum absolute atomic E-state index is 9.48.